The summed E-state index contributed by atoms with van der Waals surface area (Å²) < 4.78 is 40.6. The summed E-state index contributed by atoms with van der Waals surface area (Å²) in [5.41, 5.74) is 3.84. The standard InChI is InChI=1S/C21H30F3N3O2/c1-20(2,3)21(29,7-4-5-13-9-16(23)17(24)10-15(13)22)27-8-6-14-11-26(19(25)28)12-18(14)27/h9-10,14,18,29H,4-8,11-12H2,1-3H3,(H2,25,28)/t14-,18+,21+/m0/s1. The molecular weight excluding hydrogens is 383 g/mol. The average molecular weight is 413 g/mol. The summed E-state index contributed by atoms with van der Waals surface area (Å²) in [6.07, 6.45) is 1.80. The third kappa shape index (κ3) is 4.10. The van der Waals surface area contributed by atoms with Crippen molar-refractivity contribution in [1.29, 1.82) is 0 Å². The van der Waals surface area contributed by atoms with Crippen molar-refractivity contribution in [2.45, 2.75) is 58.2 Å². The molecule has 0 saturated carbocycles. The molecule has 29 heavy (non-hydrogen) atoms. The summed E-state index contributed by atoms with van der Waals surface area (Å²) in [4.78, 5) is 15.2. The molecule has 3 rings (SSSR count). The highest BCUT2D eigenvalue weighted by atomic mass is 19.2. The molecule has 1 aromatic rings. The van der Waals surface area contributed by atoms with Gasteiger partial charge in [-0.3, -0.25) is 4.90 Å². The Kier molecular flexibility index (Phi) is 5.89. The fraction of sp³-hybridized carbons (Fsp3) is 0.667. The summed E-state index contributed by atoms with van der Waals surface area (Å²) in [5, 5.41) is 11.7. The minimum Gasteiger partial charge on any atom is -0.375 e. The van der Waals surface area contributed by atoms with Crippen LogP contribution in [0.25, 0.3) is 0 Å². The summed E-state index contributed by atoms with van der Waals surface area (Å²) in [6.45, 7) is 7.61. The lowest BCUT2D eigenvalue weighted by molar-refractivity contribution is -0.189. The van der Waals surface area contributed by atoms with Crippen molar-refractivity contribution in [3.63, 3.8) is 0 Å². The number of nitrogens with zero attached hydrogens (tertiary/aromatic N) is 2. The number of hydrogen-bond acceptors (Lipinski definition) is 3. The molecule has 0 bridgehead atoms. The number of aliphatic hydroxyl groups is 1. The van der Waals surface area contributed by atoms with Gasteiger partial charge in [-0.2, -0.15) is 0 Å². The smallest absolute Gasteiger partial charge is 0.314 e. The topological polar surface area (TPSA) is 69.8 Å². The second kappa shape index (κ2) is 7.80. The Balaban J connectivity index is 1.74. The lowest BCUT2D eigenvalue weighted by atomic mass is 9.78. The van der Waals surface area contributed by atoms with Crippen molar-refractivity contribution in [1.82, 2.24) is 9.80 Å². The molecule has 0 spiro atoms. The maximum absolute atomic E-state index is 14.0. The van der Waals surface area contributed by atoms with Gasteiger partial charge < -0.3 is 15.7 Å². The highest BCUT2D eigenvalue weighted by Gasteiger charge is 2.53. The van der Waals surface area contributed by atoms with Gasteiger partial charge in [0, 0.05) is 37.2 Å². The zero-order valence-corrected chi connectivity index (χ0v) is 17.2. The van der Waals surface area contributed by atoms with Gasteiger partial charge in [-0.15, -0.1) is 0 Å². The Labute approximate surface area is 169 Å². The van der Waals surface area contributed by atoms with Crippen LogP contribution < -0.4 is 5.73 Å². The van der Waals surface area contributed by atoms with Crippen molar-refractivity contribution >= 4 is 6.03 Å². The van der Waals surface area contributed by atoms with Crippen LogP contribution in [0.5, 0.6) is 0 Å². The fourth-order valence-corrected chi connectivity index (χ4v) is 4.83. The predicted molar refractivity (Wildman–Crippen MR) is 103 cm³/mol. The highest BCUT2D eigenvalue weighted by molar-refractivity contribution is 5.72. The van der Waals surface area contributed by atoms with E-state index in [4.69, 9.17) is 5.73 Å². The lowest BCUT2D eigenvalue weighted by Gasteiger charge is -2.49. The molecule has 0 unspecified atom stereocenters. The van der Waals surface area contributed by atoms with Crippen LogP contribution in [0.4, 0.5) is 18.0 Å². The SMILES string of the molecule is CC(C)(C)[C@](O)(CCCc1cc(F)c(F)cc1F)N1CC[C@H]2CN(C(N)=O)C[C@H]21. The fourth-order valence-electron chi connectivity index (χ4n) is 4.83. The Morgan fingerprint density at radius 1 is 1.17 bits per heavy atom. The van der Waals surface area contributed by atoms with Crippen LogP contribution in [-0.2, 0) is 6.42 Å². The Hall–Kier alpha value is -1.80. The van der Waals surface area contributed by atoms with E-state index in [-0.39, 0.29) is 23.9 Å². The number of carbonyl (C=O) groups excluding carboxylic acids is 1. The van der Waals surface area contributed by atoms with E-state index in [0.29, 0.717) is 38.5 Å². The van der Waals surface area contributed by atoms with E-state index in [1.54, 1.807) is 4.90 Å². The molecule has 2 aliphatic heterocycles. The van der Waals surface area contributed by atoms with Crippen LogP contribution in [0, 0.1) is 28.8 Å². The third-order valence-electron chi connectivity index (χ3n) is 6.60. The first-order valence-corrected chi connectivity index (χ1v) is 10.1. The van der Waals surface area contributed by atoms with E-state index in [9.17, 15) is 23.1 Å². The number of rotatable bonds is 5. The molecule has 0 aromatic heterocycles. The first-order chi connectivity index (χ1) is 13.4. The Bertz CT molecular complexity index is 783. The monoisotopic (exact) mass is 413 g/mol. The van der Waals surface area contributed by atoms with Gasteiger partial charge in [-0.05, 0) is 43.2 Å². The molecule has 2 saturated heterocycles. The molecular formula is C21H30F3N3O2. The number of halogens is 3. The van der Waals surface area contributed by atoms with Gasteiger partial charge in [0.2, 0.25) is 0 Å². The van der Waals surface area contributed by atoms with Gasteiger partial charge in [0.15, 0.2) is 11.6 Å². The van der Waals surface area contributed by atoms with Crippen molar-refractivity contribution in [2.75, 3.05) is 19.6 Å². The molecule has 2 fully saturated rings. The number of primary amides is 1. The van der Waals surface area contributed by atoms with Crippen molar-refractivity contribution in [3.8, 4) is 0 Å². The number of carbonyl (C=O) groups is 1. The number of fused-ring (bicyclic) bond motifs is 1. The van der Waals surface area contributed by atoms with Gasteiger partial charge in [0.1, 0.15) is 11.5 Å². The molecule has 8 heteroatoms. The number of likely N-dealkylation sites (tertiary alicyclic amines) is 2. The number of aryl methyl sites for hydroxylation is 1. The normalized spacial score (nSPS) is 24.6. The number of amides is 2. The number of hydrogen-bond donors (Lipinski definition) is 2. The molecule has 5 nitrogen and oxygen atoms in total. The largest absolute Gasteiger partial charge is 0.375 e. The molecule has 1 aromatic carbocycles. The summed E-state index contributed by atoms with van der Waals surface area (Å²) >= 11 is 0. The first kappa shape index (κ1) is 21.9. The van der Waals surface area contributed by atoms with E-state index in [0.717, 1.165) is 12.5 Å². The van der Waals surface area contributed by atoms with Crippen LogP contribution in [0.1, 0.15) is 45.6 Å². The maximum Gasteiger partial charge on any atom is 0.314 e. The van der Waals surface area contributed by atoms with Gasteiger partial charge in [-0.1, -0.05) is 20.8 Å². The molecule has 3 N–H and O–H groups in total. The summed E-state index contributed by atoms with van der Waals surface area (Å²) in [7, 11) is 0. The van der Waals surface area contributed by atoms with Gasteiger partial charge in [-0.25, -0.2) is 18.0 Å². The van der Waals surface area contributed by atoms with Crippen LogP contribution in [0.3, 0.4) is 0 Å². The summed E-state index contributed by atoms with van der Waals surface area (Å²) in [5.74, 6) is -2.80. The molecule has 2 aliphatic rings. The van der Waals surface area contributed by atoms with E-state index in [1.165, 1.54) is 0 Å². The number of urea groups is 1. The predicted octanol–water partition coefficient (Wildman–Crippen LogP) is 3.25. The van der Waals surface area contributed by atoms with Crippen LogP contribution in [0.15, 0.2) is 12.1 Å². The zero-order chi connectivity index (χ0) is 21.6. The quantitative estimate of drug-likeness (QED) is 0.728. The van der Waals surface area contributed by atoms with Crippen LogP contribution in [-0.4, -0.2) is 52.3 Å². The lowest BCUT2D eigenvalue weighted by Crippen LogP contribution is -2.60. The van der Waals surface area contributed by atoms with E-state index < -0.39 is 34.6 Å². The molecule has 2 amide bonds. The second-order valence-electron chi connectivity index (χ2n) is 9.33. The molecule has 2 heterocycles. The van der Waals surface area contributed by atoms with Crippen molar-refractivity contribution in [2.24, 2.45) is 17.1 Å². The molecule has 0 radical (unpaired) electrons. The Morgan fingerprint density at radius 2 is 1.83 bits per heavy atom. The highest BCUT2D eigenvalue weighted by Crippen LogP contribution is 2.44. The third-order valence-corrected chi connectivity index (χ3v) is 6.60. The van der Waals surface area contributed by atoms with E-state index in [1.807, 2.05) is 20.8 Å². The molecule has 3 atom stereocenters. The van der Waals surface area contributed by atoms with Gasteiger partial charge in [0.25, 0.3) is 0 Å². The van der Waals surface area contributed by atoms with Crippen LogP contribution in [0.2, 0.25) is 0 Å². The zero-order valence-electron chi connectivity index (χ0n) is 17.2. The Morgan fingerprint density at radius 3 is 2.45 bits per heavy atom. The molecule has 162 valence electrons. The van der Waals surface area contributed by atoms with E-state index >= 15 is 0 Å². The number of benzene rings is 1. The van der Waals surface area contributed by atoms with E-state index in [2.05, 4.69) is 4.90 Å². The molecule has 0 aliphatic carbocycles. The summed E-state index contributed by atoms with van der Waals surface area (Å²) in [6, 6.07) is 1.01. The van der Waals surface area contributed by atoms with Crippen molar-refractivity contribution in [3.05, 3.63) is 35.1 Å². The first-order valence-electron chi connectivity index (χ1n) is 10.1. The van der Waals surface area contributed by atoms with Gasteiger partial charge in [0.05, 0.1) is 0 Å². The number of nitrogens with two attached hydrogens (primary N) is 1. The maximum atomic E-state index is 14.0. The minimum atomic E-state index is -1.21. The second-order valence-corrected chi connectivity index (χ2v) is 9.33. The van der Waals surface area contributed by atoms with Gasteiger partial charge >= 0.3 is 6.03 Å². The minimum absolute atomic E-state index is 0.0201. The average Bonchev–Trinajstić information content (AvgIpc) is 3.18. The van der Waals surface area contributed by atoms with Crippen LogP contribution >= 0.6 is 0 Å². The van der Waals surface area contributed by atoms with Crippen molar-refractivity contribution < 1.29 is 23.1 Å².